The maximum atomic E-state index is 13.0. The Bertz CT molecular complexity index is 1150. The number of sulfonamides is 1. The largest absolute Gasteiger partial charge is 0.350 e. The van der Waals surface area contributed by atoms with Crippen LogP contribution in [0.1, 0.15) is 42.9 Å². The van der Waals surface area contributed by atoms with Gasteiger partial charge in [-0.25, -0.2) is 8.42 Å². The van der Waals surface area contributed by atoms with E-state index >= 15 is 0 Å². The van der Waals surface area contributed by atoms with Crippen molar-refractivity contribution in [1.82, 2.24) is 10.2 Å². The lowest BCUT2D eigenvalue weighted by Crippen LogP contribution is -2.48. The van der Waals surface area contributed by atoms with Crippen molar-refractivity contribution in [3.8, 4) is 0 Å². The summed E-state index contributed by atoms with van der Waals surface area (Å²) in [4.78, 5) is 26.0. The average molecular weight is 489 g/mol. The lowest BCUT2D eigenvalue weighted by molar-refractivity contribution is -0.384. The highest BCUT2D eigenvalue weighted by Crippen LogP contribution is 2.29. The van der Waals surface area contributed by atoms with Crippen molar-refractivity contribution in [3.63, 3.8) is 0 Å². The number of anilines is 1. The van der Waals surface area contributed by atoms with E-state index in [0.717, 1.165) is 35.8 Å². The first-order valence-electron chi connectivity index (χ1n) is 11.4. The van der Waals surface area contributed by atoms with E-state index in [9.17, 15) is 23.3 Å². The van der Waals surface area contributed by atoms with Gasteiger partial charge in [-0.05, 0) is 56.5 Å². The standard InChI is InChI=1S/C24H32N4O5S/c1-18-10-11-22(28(30)31)15-23(18)27(34(3,32)33)19(2)24(29)25-16-20-8-7-9-21(14-20)17-26-12-5-4-6-13-26/h7-11,14-15,19H,4-6,12-13,16-17H2,1-3H3,(H,25,29)/t19-/m0/s1. The quantitative estimate of drug-likeness (QED) is 0.428. The molecule has 0 aromatic heterocycles. The monoisotopic (exact) mass is 488 g/mol. The van der Waals surface area contributed by atoms with E-state index < -0.39 is 26.9 Å². The summed E-state index contributed by atoms with van der Waals surface area (Å²) < 4.78 is 26.1. The van der Waals surface area contributed by atoms with E-state index in [1.54, 1.807) is 6.92 Å². The van der Waals surface area contributed by atoms with Crippen LogP contribution in [0, 0.1) is 17.0 Å². The van der Waals surface area contributed by atoms with Gasteiger partial charge in [-0.1, -0.05) is 36.8 Å². The van der Waals surface area contributed by atoms with Gasteiger partial charge in [-0.3, -0.25) is 24.1 Å². The molecule has 0 spiro atoms. The van der Waals surface area contributed by atoms with Crippen molar-refractivity contribution in [2.75, 3.05) is 23.7 Å². The van der Waals surface area contributed by atoms with Crippen molar-refractivity contribution in [2.24, 2.45) is 0 Å². The number of non-ortho nitro benzene ring substituents is 1. The first-order valence-corrected chi connectivity index (χ1v) is 13.2. The summed E-state index contributed by atoms with van der Waals surface area (Å²) in [7, 11) is -3.89. The number of nitro benzene ring substituents is 1. The zero-order valence-electron chi connectivity index (χ0n) is 19.9. The number of nitro groups is 1. The van der Waals surface area contributed by atoms with Crippen LogP contribution in [-0.2, 0) is 27.9 Å². The first kappa shape index (κ1) is 25.6. The summed E-state index contributed by atoms with van der Waals surface area (Å²) in [5.74, 6) is -0.488. The summed E-state index contributed by atoms with van der Waals surface area (Å²) >= 11 is 0. The number of nitrogens with zero attached hydrogens (tertiary/aromatic N) is 3. The third-order valence-corrected chi connectivity index (χ3v) is 7.27. The molecule has 9 nitrogen and oxygen atoms in total. The molecule has 0 aliphatic carbocycles. The van der Waals surface area contributed by atoms with Crippen LogP contribution >= 0.6 is 0 Å². The van der Waals surface area contributed by atoms with Gasteiger partial charge in [-0.2, -0.15) is 0 Å². The van der Waals surface area contributed by atoms with Gasteiger partial charge < -0.3 is 5.32 Å². The molecule has 184 valence electrons. The number of carbonyl (C=O) groups excluding carboxylic acids is 1. The molecule has 10 heteroatoms. The molecule has 0 radical (unpaired) electrons. The lowest BCUT2D eigenvalue weighted by Gasteiger charge is -2.29. The number of piperidine rings is 1. The number of carbonyl (C=O) groups is 1. The first-order chi connectivity index (χ1) is 16.1. The van der Waals surface area contributed by atoms with Crippen LogP contribution in [0.4, 0.5) is 11.4 Å². The van der Waals surface area contributed by atoms with Crippen LogP contribution in [0.3, 0.4) is 0 Å². The molecular formula is C24H32N4O5S. The van der Waals surface area contributed by atoms with Crippen LogP contribution in [0.5, 0.6) is 0 Å². The second-order valence-electron chi connectivity index (χ2n) is 8.84. The normalized spacial score (nSPS) is 15.5. The Morgan fingerprint density at radius 2 is 1.82 bits per heavy atom. The Hall–Kier alpha value is -2.98. The highest BCUT2D eigenvalue weighted by Gasteiger charge is 2.31. The van der Waals surface area contributed by atoms with Gasteiger partial charge in [0.1, 0.15) is 6.04 Å². The lowest BCUT2D eigenvalue weighted by atomic mass is 10.1. The Morgan fingerprint density at radius 1 is 1.15 bits per heavy atom. The molecule has 3 rings (SSSR count). The number of aryl methyl sites for hydroxylation is 1. The number of likely N-dealkylation sites (tertiary alicyclic amines) is 1. The van der Waals surface area contributed by atoms with E-state index in [0.29, 0.717) is 5.56 Å². The van der Waals surface area contributed by atoms with E-state index in [1.807, 2.05) is 12.1 Å². The molecule has 1 aliphatic rings. The Balaban J connectivity index is 1.73. The van der Waals surface area contributed by atoms with Crippen molar-refractivity contribution < 1.29 is 18.1 Å². The molecule has 0 bridgehead atoms. The second-order valence-corrected chi connectivity index (χ2v) is 10.7. The number of rotatable bonds is 9. The topological polar surface area (TPSA) is 113 Å². The third kappa shape index (κ3) is 6.54. The maximum absolute atomic E-state index is 13.0. The maximum Gasteiger partial charge on any atom is 0.271 e. The van der Waals surface area contributed by atoms with Crippen molar-refractivity contribution >= 4 is 27.3 Å². The summed E-state index contributed by atoms with van der Waals surface area (Å²) in [6.07, 6.45) is 4.70. The summed E-state index contributed by atoms with van der Waals surface area (Å²) in [6.45, 7) is 6.43. The molecule has 1 N–H and O–H groups in total. The molecule has 2 aromatic rings. The SMILES string of the molecule is Cc1ccc([N+](=O)[O-])cc1N([C@@H](C)C(=O)NCc1cccc(CN2CCCCC2)c1)S(C)(=O)=O. The van der Waals surface area contributed by atoms with Crippen LogP contribution in [0.25, 0.3) is 0 Å². The number of amides is 1. The molecular weight excluding hydrogens is 456 g/mol. The number of nitrogens with one attached hydrogen (secondary N) is 1. The molecule has 1 amide bonds. The van der Waals surface area contributed by atoms with Gasteiger partial charge in [0, 0.05) is 25.2 Å². The van der Waals surface area contributed by atoms with E-state index in [4.69, 9.17) is 0 Å². The Labute approximate surface area is 201 Å². The van der Waals surface area contributed by atoms with Crippen molar-refractivity contribution in [2.45, 2.75) is 52.2 Å². The number of hydrogen-bond donors (Lipinski definition) is 1. The fraction of sp³-hybridized carbons (Fsp3) is 0.458. The predicted molar refractivity (Wildman–Crippen MR) is 132 cm³/mol. The van der Waals surface area contributed by atoms with Gasteiger partial charge in [0.15, 0.2) is 0 Å². The van der Waals surface area contributed by atoms with Gasteiger partial charge in [0.05, 0.1) is 16.9 Å². The minimum atomic E-state index is -3.89. The zero-order valence-corrected chi connectivity index (χ0v) is 20.7. The molecule has 1 fully saturated rings. The van der Waals surface area contributed by atoms with Gasteiger partial charge >= 0.3 is 0 Å². The molecule has 0 unspecified atom stereocenters. The molecule has 1 saturated heterocycles. The fourth-order valence-electron chi connectivity index (χ4n) is 4.28. The second kappa shape index (κ2) is 11.0. The van der Waals surface area contributed by atoms with Crippen LogP contribution in [0.2, 0.25) is 0 Å². The van der Waals surface area contributed by atoms with E-state index in [1.165, 1.54) is 49.9 Å². The minimum absolute atomic E-state index is 0.114. The van der Waals surface area contributed by atoms with Gasteiger partial charge in [0.2, 0.25) is 15.9 Å². The molecule has 0 saturated carbocycles. The summed E-state index contributed by atoms with van der Waals surface area (Å²) in [6, 6.07) is 10.9. The number of hydrogen-bond acceptors (Lipinski definition) is 6. The minimum Gasteiger partial charge on any atom is -0.350 e. The van der Waals surface area contributed by atoms with Gasteiger partial charge in [-0.15, -0.1) is 0 Å². The van der Waals surface area contributed by atoms with Crippen molar-refractivity contribution in [1.29, 1.82) is 0 Å². The molecule has 34 heavy (non-hydrogen) atoms. The van der Waals surface area contributed by atoms with Gasteiger partial charge in [0.25, 0.3) is 5.69 Å². The zero-order chi connectivity index (χ0) is 24.9. The fourth-order valence-corrected chi connectivity index (χ4v) is 5.50. The summed E-state index contributed by atoms with van der Waals surface area (Å²) in [5.41, 5.74) is 2.48. The molecule has 2 aromatic carbocycles. The van der Waals surface area contributed by atoms with Crippen LogP contribution in [0.15, 0.2) is 42.5 Å². The van der Waals surface area contributed by atoms with Crippen molar-refractivity contribution in [3.05, 3.63) is 69.3 Å². The Kier molecular flexibility index (Phi) is 8.27. The summed E-state index contributed by atoms with van der Waals surface area (Å²) in [5, 5.41) is 14.0. The van der Waals surface area contributed by atoms with Crippen LogP contribution in [-0.4, -0.2) is 49.5 Å². The van der Waals surface area contributed by atoms with E-state index in [2.05, 4.69) is 22.3 Å². The third-order valence-electron chi connectivity index (χ3n) is 6.04. The Morgan fingerprint density at radius 3 is 2.47 bits per heavy atom. The molecule has 1 heterocycles. The highest BCUT2D eigenvalue weighted by atomic mass is 32.2. The molecule has 1 aliphatic heterocycles. The van der Waals surface area contributed by atoms with Crippen LogP contribution < -0.4 is 9.62 Å². The van der Waals surface area contributed by atoms with E-state index in [-0.39, 0.29) is 17.9 Å². The predicted octanol–water partition coefficient (Wildman–Crippen LogP) is 3.36. The smallest absolute Gasteiger partial charge is 0.271 e. The number of benzene rings is 2. The molecule has 1 atom stereocenters. The highest BCUT2D eigenvalue weighted by molar-refractivity contribution is 7.92. The average Bonchev–Trinajstić information content (AvgIpc) is 2.78.